The van der Waals surface area contributed by atoms with Crippen LogP contribution >= 0.6 is 0 Å². The van der Waals surface area contributed by atoms with Gasteiger partial charge in [0.2, 0.25) is 5.91 Å². The van der Waals surface area contributed by atoms with E-state index in [0.29, 0.717) is 26.2 Å². The molecule has 0 aliphatic rings. The summed E-state index contributed by atoms with van der Waals surface area (Å²) < 4.78 is 12.0. The lowest BCUT2D eigenvalue weighted by Gasteiger charge is -2.21. The van der Waals surface area contributed by atoms with Crippen molar-refractivity contribution in [2.75, 3.05) is 33.0 Å². The van der Waals surface area contributed by atoms with Crippen LogP contribution in [-0.4, -0.2) is 51.0 Å². The lowest BCUT2D eigenvalue weighted by Crippen LogP contribution is -2.49. The molecule has 0 aliphatic heterocycles. The van der Waals surface area contributed by atoms with Crippen molar-refractivity contribution in [1.82, 2.24) is 5.32 Å². The number of rotatable bonds is 43. The van der Waals surface area contributed by atoms with Crippen molar-refractivity contribution in [2.45, 2.75) is 244 Å². The molecule has 0 spiro atoms. The van der Waals surface area contributed by atoms with Gasteiger partial charge in [-0.1, -0.05) is 206 Å². The second kappa shape index (κ2) is 42.7. The SMILES string of the molecule is CCCCCCCCCCCCCCCCCCOCC(COCCCCCCCCCCCCCCCCCC)NC(=O)C(N)CCCN. The van der Waals surface area contributed by atoms with Crippen molar-refractivity contribution < 1.29 is 14.3 Å². The first-order valence-electron chi connectivity index (χ1n) is 22.6. The van der Waals surface area contributed by atoms with Gasteiger partial charge in [0.25, 0.3) is 0 Å². The van der Waals surface area contributed by atoms with Gasteiger partial charge in [0, 0.05) is 13.2 Å². The molecule has 0 aromatic heterocycles. The van der Waals surface area contributed by atoms with Gasteiger partial charge in [0.1, 0.15) is 0 Å². The van der Waals surface area contributed by atoms with Crippen molar-refractivity contribution >= 4 is 5.91 Å². The summed E-state index contributed by atoms with van der Waals surface area (Å²) >= 11 is 0. The van der Waals surface area contributed by atoms with Gasteiger partial charge >= 0.3 is 0 Å². The first-order chi connectivity index (χ1) is 24.7. The van der Waals surface area contributed by atoms with E-state index in [2.05, 4.69) is 19.2 Å². The summed E-state index contributed by atoms with van der Waals surface area (Å²) in [4.78, 5) is 12.7. The third-order valence-corrected chi connectivity index (χ3v) is 10.3. The number of carbonyl (C=O) groups excluding carboxylic acids is 1. The molecule has 1 unspecified atom stereocenters. The van der Waals surface area contributed by atoms with Crippen molar-refractivity contribution in [3.8, 4) is 0 Å². The molecule has 0 fully saturated rings. The Labute approximate surface area is 313 Å². The molecule has 0 heterocycles. The van der Waals surface area contributed by atoms with Gasteiger partial charge in [-0.2, -0.15) is 0 Å². The maximum Gasteiger partial charge on any atom is 0.237 e. The average Bonchev–Trinajstić information content (AvgIpc) is 3.12. The van der Waals surface area contributed by atoms with E-state index in [4.69, 9.17) is 20.9 Å². The van der Waals surface area contributed by atoms with Crippen LogP contribution in [0.2, 0.25) is 0 Å². The molecular formula is C44H91N3O3. The van der Waals surface area contributed by atoms with Crippen LogP contribution < -0.4 is 16.8 Å². The van der Waals surface area contributed by atoms with Crippen molar-refractivity contribution in [2.24, 2.45) is 11.5 Å². The highest BCUT2D eigenvalue weighted by Gasteiger charge is 2.18. The summed E-state index contributed by atoms with van der Waals surface area (Å²) in [5, 5.41) is 3.08. The molecule has 300 valence electrons. The van der Waals surface area contributed by atoms with Gasteiger partial charge in [0.15, 0.2) is 0 Å². The molecule has 0 saturated heterocycles. The fourth-order valence-corrected chi connectivity index (χ4v) is 6.86. The van der Waals surface area contributed by atoms with Crippen LogP contribution in [0.1, 0.15) is 232 Å². The van der Waals surface area contributed by atoms with E-state index in [1.165, 1.54) is 193 Å². The molecule has 0 aromatic carbocycles. The van der Waals surface area contributed by atoms with Crippen LogP contribution in [-0.2, 0) is 14.3 Å². The summed E-state index contributed by atoms with van der Waals surface area (Å²) in [6, 6.07) is -0.685. The monoisotopic (exact) mass is 710 g/mol. The number of nitrogens with one attached hydrogen (secondary N) is 1. The third-order valence-electron chi connectivity index (χ3n) is 10.3. The zero-order chi connectivity index (χ0) is 36.4. The minimum Gasteiger partial charge on any atom is -0.379 e. The second-order valence-electron chi connectivity index (χ2n) is 15.5. The Kier molecular flexibility index (Phi) is 42.1. The molecule has 0 aromatic rings. The number of nitrogens with two attached hydrogens (primary N) is 2. The predicted octanol–water partition coefficient (Wildman–Crippen LogP) is 12.1. The molecule has 50 heavy (non-hydrogen) atoms. The van der Waals surface area contributed by atoms with Crippen LogP contribution in [0.5, 0.6) is 0 Å². The first kappa shape index (κ1) is 49.3. The van der Waals surface area contributed by atoms with E-state index in [-0.39, 0.29) is 11.9 Å². The molecule has 5 N–H and O–H groups in total. The Balaban J connectivity index is 3.85. The Morgan fingerprint density at radius 2 is 0.740 bits per heavy atom. The largest absolute Gasteiger partial charge is 0.379 e. The Hall–Kier alpha value is -0.690. The highest BCUT2D eigenvalue weighted by atomic mass is 16.5. The summed E-state index contributed by atoms with van der Waals surface area (Å²) in [6.07, 6.45) is 45.1. The lowest BCUT2D eigenvalue weighted by atomic mass is 10.0. The van der Waals surface area contributed by atoms with E-state index in [9.17, 15) is 4.79 Å². The third kappa shape index (κ3) is 38.5. The molecule has 1 atom stereocenters. The topological polar surface area (TPSA) is 99.6 Å². The van der Waals surface area contributed by atoms with E-state index in [1.54, 1.807) is 0 Å². The molecule has 0 bridgehead atoms. The molecule has 0 radical (unpaired) electrons. The van der Waals surface area contributed by atoms with Crippen molar-refractivity contribution in [3.63, 3.8) is 0 Å². The number of hydrogen-bond acceptors (Lipinski definition) is 5. The molecule has 0 rings (SSSR count). The number of carbonyl (C=O) groups is 1. The van der Waals surface area contributed by atoms with Gasteiger partial charge in [-0.25, -0.2) is 0 Å². The summed E-state index contributed by atoms with van der Waals surface area (Å²) in [5.74, 6) is -0.125. The quantitative estimate of drug-likeness (QED) is 0.0547. The lowest BCUT2D eigenvalue weighted by molar-refractivity contribution is -0.124. The number of amides is 1. The maximum atomic E-state index is 12.7. The summed E-state index contributed by atoms with van der Waals surface area (Å²) in [5.41, 5.74) is 11.7. The van der Waals surface area contributed by atoms with Crippen LogP contribution in [0.25, 0.3) is 0 Å². The highest BCUT2D eigenvalue weighted by Crippen LogP contribution is 2.15. The minimum absolute atomic E-state index is 0.125. The number of hydrogen-bond donors (Lipinski definition) is 3. The Morgan fingerprint density at radius 3 is 1.02 bits per heavy atom. The first-order valence-corrected chi connectivity index (χ1v) is 22.6. The minimum atomic E-state index is -0.526. The van der Waals surface area contributed by atoms with Gasteiger partial charge < -0.3 is 26.3 Å². The molecule has 1 amide bonds. The van der Waals surface area contributed by atoms with Gasteiger partial charge in [-0.15, -0.1) is 0 Å². The van der Waals surface area contributed by atoms with Crippen LogP contribution in [0, 0.1) is 0 Å². The fourth-order valence-electron chi connectivity index (χ4n) is 6.86. The molecular weight excluding hydrogens is 619 g/mol. The van der Waals surface area contributed by atoms with Crippen LogP contribution in [0.4, 0.5) is 0 Å². The Bertz CT molecular complexity index is 610. The normalized spacial score (nSPS) is 12.3. The van der Waals surface area contributed by atoms with E-state index in [0.717, 1.165) is 32.5 Å². The van der Waals surface area contributed by atoms with Crippen LogP contribution in [0.3, 0.4) is 0 Å². The molecule has 0 saturated carbocycles. The standard InChI is InChI=1S/C44H91N3O3/c1-3-5-7-9-11-13-15-17-19-21-23-25-27-29-31-33-38-49-40-42(47-44(48)43(46)36-35-37-45)41-50-39-34-32-30-28-26-24-22-20-18-16-14-12-10-8-6-4-2/h42-43H,3-41,45-46H2,1-2H3,(H,47,48). The summed E-state index contributed by atoms with van der Waals surface area (Å²) in [7, 11) is 0. The smallest absolute Gasteiger partial charge is 0.237 e. The van der Waals surface area contributed by atoms with Crippen molar-refractivity contribution in [3.05, 3.63) is 0 Å². The second-order valence-corrected chi connectivity index (χ2v) is 15.5. The van der Waals surface area contributed by atoms with Gasteiger partial charge in [0.05, 0.1) is 25.3 Å². The highest BCUT2D eigenvalue weighted by molar-refractivity contribution is 5.81. The zero-order valence-electron chi connectivity index (χ0n) is 34.1. The van der Waals surface area contributed by atoms with E-state index in [1.807, 2.05) is 0 Å². The fraction of sp³-hybridized carbons (Fsp3) is 0.977. The molecule has 6 nitrogen and oxygen atoms in total. The number of ether oxygens (including phenoxy) is 2. The molecule has 6 heteroatoms. The van der Waals surface area contributed by atoms with Crippen LogP contribution in [0.15, 0.2) is 0 Å². The average molecular weight is 710 g/mol. The Morgan fingerprint density at radius 1 is 0.460 bits per heavy atom. The van der Waals surface area contributed by atoms with E-state index >= 15 is 0 Å². The predicted molar refractivity (Wildman–Crippen MR) is 219 cm³/mol. The van der Waals surface area contributed by atoms with E-state index < -0.39 is 6.04 Å². The van der Waals surface area contributed by atoms with Gasteiger partial charge in [-0.05, 0) is 32.2 Å². The number of unbranched alkanes of at least 4 members (excludes halogenated alkanes) is 30. The molecule has 0 aliphatic carbocycles. The zero-order valence-corrected chi connectivity index (χ0v) is 34.1. The summed E-state index contributed by atoms with van der Waals surface area (Å²) in [6.45, 7) is 7.57. The maximum absolute atomic E-state index is 12.7. The van der Waals surface area contributed by atoms with Gasteiger partial charge in [-0.3, -0.25) is 4.79 Å². The van der Waals surface area contributed by atoms with Crippen molar-refractivity contribution in [1.29, 1.82) is 0 Å².